The van der Waals surface area contributed by atoms with Crippen molar-refractivity contribution in [1.29, 1.82) is 0 Å². The fraction of sp³-hybridized carbons (Fsp3) is 0.286. The highest BCUT2D eigenvalue weighted by molar-refractivity contribution is 9.10. The van der Waals surface area contributed by atoms with Crippen molar-refractivity contribution in [2.75, 3.05) is 11.5 Å². The van der Waals surface area contributed by atoms with Gasteiger partial charge in [-0.3, -0.25) is 0 Å². The first kappa shape index (κ1) is 14.1. The first-order chi connectivity index (χ1) is 9.76. The predicted molar refractivity (Wildman–Crippen MR) is 87.9 cm³/mol. The number of halogens is 1. The number of nitrogens with zero attached hydrogens (tertiary/aromatic N) is 3. The van der Waals surface area contributed by atoms with Crippen molar-refractivity contribution in [1.82, 2.24) is 14.5 Å². The van der Waals surface area contributed by atoms with Crippen LogP contribution in [0.5, 0.6) is 0 Å². The minimum absolute atomic E-state index is 0.316. The Labute approximate surface area is 129 Å². The number of benzene rings is 1. The Morgan fingerprint density at radius 3 is 2.67 bits per heavy atom. The number of aromatic nitrogens is 3. The highest BCUT2D eigenvalue weighted by Crippen LogP contribution is 2.31. The van der Waals surface area contributed by atoms with E-state index in [1.807, 2.05) is 18.2 Å². The summed E-state index contributed by atoms with van der Waals surface area (Å²) in [6.07, 6.45) is 0. The zero-order chi connectivity index (χ0) is 15.4. The molecule has 0 amide bonds. The first-order valence-electron chi connectivity index (χ1n) is 6.49. The summed E-state index contributed by atoms with van der Waals surface area (Å²) in [6, 6.07) is 5.76. The lowest BCUT2D eigenvalue weighted by Gasteiger charge is -2.19. The first-order valence-corrected chi connectivity index (χ1v) is 7.28. The Hall–Kier alpha value is -1.86. The van der Waals surface area contributed by atoms with Crippen LogP contribution in [0, 0.1) is 0 Å². The zero-order valence-corrected chi connectivity index (χ0v) is 13.3. The number of nitrogens with two attached hydrogens (primary N) is 2. The number of pyridine rings is 1. The van der Waals surface area contributed by atoms with Crippen LogP contribution in [0.15, 0.2) is 22.7 Å². The fourth-order valence-corrected chi connectivity index (χ4v) is 2.80. The van der Waals surface area contributed by atoms with Crippen LogP contribution in [-0.4, -0.2) is 25.2 Å². The van der Waals surface area contributed by atoms with Gasteiger partial charge in [0.2, 0.25) is 5.95 Å². The van der Waals surface area contributed by atoms with Crippen molar-refractivity contribution in [2.45, 2.75) is 26.0 Å². The van der Waals surface area contributed by atoms with Gasteiger partial charge in [-0.15, -0.1) is 0 Å². The van der Waals surface area contributed by atoms with Crippen LogP contribution in [0.25, 0.3) is 21.9 Å². The molecule has 1 aromatic carbocycles. The average molecular weight is 350 g/mol. The van der Waals surface area contributed by atoms with E-state index in [1.165, 1.54) is 0 Å². The summed E-state index contributed by atoms with van der Waals surface area (Å²) in [4.78, 5) is 8.67. The van der Waals surface area contributed by atoms with Gasteiger partial charge in [-0.25, -0.2) is 9.97 Å². The van der Waals surface area contributed by atoms with Crippen LogP contribution in [0.4, 0.5) is 11.8 Å². The Morgan fingerprint density at radius 2 is 2.00 bits per heavy atom. The van der Waals surface area contributed by atoms with Gasteiger partial charge < -0.3 is 21.1 Å². The van der Waals surface area contributed by atoms with E-state index in [9.17, 15) is 5.11 Å². The quantitative estimate of drug-likeness (QED) is 0.658. The summed E-state index contributed by atoms with van der Waals surface area (Å²) in [5.41, 5.74) is 13.2. The van der Waals surface area contributed by atoms with Crippen molar-refractivity contribution in [3.63, 3.8) is 0 Å². The third-order valence-corrected chi connectivity index (χ3v) is 3.73. The molecule has 5 N–H and O–H groups in total. The molecule has 0 bridgehead atoms. The molecular weight excluding hydrogens is 334 g/mol. The zero-order valence-electron chi connectivity index (χ0n) is 11.8. The smallest absolute Gasteiger partial charge is 0.201 e. The van der Waals surface area contributed by atoms with E-state index >= 15 is 0 Å². The third kappa shape index (κ3) is 2.43. The number of fused-ring (bicyclic) bond motifs is 3. The van der Waals surface area contributed by atoms with Gasteiger partial charge in [-0.1, -0.05) is 15.9 Å². The number of imidazole rings is 1. The maximum Gasteiger partial charge on any atom is 0.201 e. The maximum atomic E-state index is 10.1. The molecule has 0 saturated heterocycles. The van der Waals surface area contributed by atoms with Crippen LogP contribution in [0.1, 0.15) is 13.8 Å². The number of aliphatic hydroxyl groups is 1. The molecule has 7 heteroatoms. The van der Waals surface area contributed by atoms with Gasteiger partial charge >= 0.3 is 0 Å². The SMILES string of the molecule is CC(C)(O)Cn1c(N)nc2c(N)nc3cc(Br)ccc3c21. The lowest BCUT2D eigenvalue weighted by atomic mass is 10.1. The van der Waals surface area contributed by atoms with Gasteiger partial charge in [0.1, 0.15) is 5.52 Å². The van der Waals surface area contributed by atoms with Gasteiger partial charge in [-0.05, 0) is 32.0 Å². The van der Waals surface area contributed by atoms with E-state index in [0.29, 0.717) is 23.8 Å². The Balaban J connectivity index is 2.42. The molecule has 0 spiro atoms. The van der Waals surface area contributed by atoms with Crippen molar-refractivity contribution in [2.24, 2.45) is 0 Å². The second kappa shape index (κ2) is 4.57. The van der Waals surface area contributed by atoms with Gasteiger partial charge in [0, 0.05) is 9.86 Å². The molecule has 2 heterocycles. The lowest BCUT2D eigenvalue weighted by Crippen LogP contribution is -2.26. The van der Waals surface area contributed by atoms with E-state index in [0.717, 1.165) is 20.9 Å². The number of hydrogen-bond donors (Lipinski definition) is 3. The van der Waals surface area contributed by atoms with E-state index in [1.54, 1.807) is 18.4 Å². The topological polar surface area (TPSA) is 103 Å². The van der Waals surface area contributed by atoms with Crippen molar-refractivity contribution >= 4 is 49.6 Å². The summed E-state index contributed by atoms with van der Waals surface area (Å²) in [5.74, 6) is 0.646. The fourth-order valence-electron chi connectivity index (χ4n) is 2.45. The van der Waals surface area contributed by atoms with Crippen molar-refractivity contribution < 1.29 is 5.11 Å². The molecule has 0 saturated carbocycles. The van der Waals surface area contributed by atoms with Gasteiger partial charge in [0.25, 0.3) is 0 Å². The summed E-state index contributed by atoms with van der Waals surface area (Å²) < 4.78 is 2.70. The molecule has 2 aromatic heterocycles. The number of nitrogen functional groups attached to an aromatic ring is 2. The van der Waals surface area contributed by atoms with Crippen LogP contribution in [0.2, 0.25) is 0 Å². The van der Waals surface area contributed by atoms with E-state index in [4.69, 9.17) is 11.5 Å². The van der Waals surface area contributed by atoms with Crippen LogP contribution in [0.3, 0.4) is 0 Å². The minimum Gasteiger partial charge on any atom is -0.389 e. The second-order valence-corrected chi connectivity index (χ2v) is 6.64. The van der Waals surface area contributed by atoms with Gasteiger partial charge in [0.15, 0.2) is 5.82 Å². The molecule has 21 heavy (non-hydrogen) atoms. The predicted octanol–water partition coefficient (Wildman–Crippen LogP) is 2.28. The maximum absolute atomic E-state index is 10.1. The largest absolute Gasteiger partial charge is 0.389 e. The molecule has 110 valence electrons. The average Bonchev–Trinajstić information content (AvgIpc) is 2.66. The molecular formula is C14H16BrN5O. The second-order valence-electron chi connectivity index (χ2n) is 5.72. The molecule has 0 unspecified atom stereocenters. The molecule has 0 aliphatic rings. The van der Waals surface area contributed by atoms with Gasteiger partial charge in [0.05, 0.1) is 23.2 Å². The summed E-state index contributed by atoms with van der Waals surface area (Å²) >= 11 is 3.43. The minimum atomic E-state index is -0.915. The van der Waals surface area contributed by atoms with E-state index in [-0.39, 0.29) is 0 Å². The van der Waals surface area contributed by atoms with Crippen LogP contribution < -0.4 is 11.5 Å². The Morgan fingerprint density at radius 1 is 1.29 bits per heavy atom. The number of hydrogen-bond acceptors (Lipinski definition) is 5. The van der Waals surface area contributed by atoms with Crippen molar-refractivity contribution in [3.8, 4) is 0 Å². The Kier molecular flexibility index (Phi) is 3.07. The molecule has 0 aliphatic carbocycles. The molecule has 0 aliphatic heterocycles. The van der Waals surface area contributed by atoms with Crippen LogP contribution >= 0.6 is 15.9 Å². The van der Waals surface area contributed by atoms with Crippen LogP contribution in [-0.2, 0) is 6.54 Å². The highest BCUT2D eigenvalue weighted by atomic mass is 79.9. The molecule has 0 fully saturated rings. The van der Waals surface area contributed by atoms with Gasteiger partial charge in [-0.2, -0.15) is 0 Å². The summed E-state index contributed by atoms with van der Waals surface area (Å²) in [6.45, 7) is 3.77. The van der Waals surface area contributed by atoms with E-state index in [2.05, 4.69) is 25.9 Å². The molecule has 3 rings (SSSR count). The normalized spacial score (nSPS) is 12.4. The van der Waals surface area contributed by atoms with E-state index < -0.39 is 5.60 Å². The molecule has 0 atom stereocenters. The molecule has 3 aromatic rings. The summed E-state index contributed by atoms with van der Waals surface area (Å²) in [5, 5.41) is 11.0. The van der Waals surface area contributed by atoms with Crippen molar-refractivity contribution in [3.05, 3.63) is 22.7 Å². The molecule has 0 radical (unpaired) electrons. The Bertz CT molecular complexity index is 850. The summed E-state index contributed by atoms with van der Waals surface area (Å²) in [7, 11) is 0. The number of rotatable bonds is 2. The number of anilines is 2. The third-order valence-electron chi connectivity index (χ3n) is 3.24. The molecule has 6 nitrogen and oxygen atoms in total. The standard InChI is InChI=1S/C14H16BrN5O/c1-14(2,21)6-20-11-8-4-3-7(15)5-9(8)18-12(16)10(11)19-13(20)17/h3-5,21H,6H2,1-2H3,(H2,16,18)(H2,17,19). The highest BCUT2D eigenvalue weighted by Gasteiger charge is 2.21. The lowest BCUT2D eigenvalue weighted by molar-refractivity contribution is 0.0633. The monoisotopic (exact) mass is 349 g/mol.